The van der Waals surface area contributed by atoms with Crippen molar-refractivity contribution in [3.8, 4) is 16.9 Å². The SMILES string of the molecule is O=C(c1cc(-c2ccncc2)n(-c2ccc(F)cc2)n1)N1CCN(c2ccc(Cl)cc2)CC1. The monoisotopic (exact) mass is 461 g/mol. The van der Waals surface area contributed by atoms with E-state index in [2.05, 4.69) is 15.0 Å². The van der Waals surface area contributed by atoms with E-state index < -0.39 is 0 Å². The van der Waals surface area contributed by atoms with E-state index >= 15 is 0 Å². The Kier molecular flexibility index (Phi) is 5.79. The smallest absolute Gasteiger partial charge is 0.274 e. The number of hydrogen-bond donors (Lipinski definition) is 0. The molecule has 0 aliphatic carbocycles. The van der Waals surface area contributed by atoms with E-state index in [0.29, 0.717) is 29.5 Å². The second-order valence-corrected chi connectivity index (χ2v) is 8.23. The number of halogens is 2. The highest BCUT2D eigenvalue weighted by atomic mass is 35.5. The molecule has 3 heterocycles. The quantitative estimate of drug-likeness (QED) is 0.442. The third-order valence-corrected chi connectivity index (χ3v) is 5.99. The van der Waals surface area contributed by atoms with E-state index in [1.165, 1.54) is 12.1 Å². The maximum absolute atomic E-state index is 13.5. The molecule has 1 amide bonds. The van der Waals surface area contributed by atoms with Crippen molar-refractivity contribution >= 4 is 23.2 Å². The Morgan fingerprint density at radius 2 is 1.48 bits per heavy atom. The van der Waals surface area contributed by atoms with E-state index in [1.54, 1.807) is 35.3 Å². The molecule has 1 saturated heterocycles. The first-order chi connectivity index (χ1) is 16.1. The van der Waals surface area contributed by atoms with Gasteiger partial charge in [0.15, 0.2) is 5.69 Å². The fraction of sp³-hybridized carbons (Fsp3) is 0.160. The van der Waals surface area contributed by atoms with Crippen molar-refractivity contribution < 1.29 is 9.18 Å². The summed E-state index contributed by atoms with van der Waals surface area (Å²) in [5, 5.41) is 5.31. The van der Waals surface area contributed by atoms with Crippen molar-refractivity contribution in [2.45, 2.75) is 0 Å². The number of benzene rings is 2. The Morgan fingerprint density at radius 3 is 2.15 bits per heavy atom. The number of rotatable bonds is 4. The molecule has 5 rings (SSSR count). The molecule has 1 fully saturated rings. The predicted octanol–water partition coefficient (Wildman–Crippen LogP) is 4.69. The number of carbonyl (C=O) groups is 1. The van der Waals surface area contributed by atoms with Gasteiger partial charge in [0.25, 0.3) is 5.91 Å². The van der Waals surface area contributed by atoms with Crippen LogP contribution in [0.4, 0.5) is 10.1 Å². The topological polar surface area (TPSA) is 54.3 Å². The maximum atomic E-state index is 13.5. The number of anilines is 1. The molecule has 4 aromatic rings. The first-order valence-electron chi connectivity index (χ1n) is 10.6. The highest BCUT2D eigenvalue weighted by Crippen LogP contribution is 2.25. The van der Waals surface area contributed by atoms with Gasteiger partial charge in [-0.25, -0.2) is 9.07 Å². The molecule has 0 spiro atoms. The molecule has 0 atom stereocenters. The zero-order valence-electron chi connectivity index (χ0n) is 17.7. The molecule has 0 radical (unpaired) electrons. The van der Waals surface area contributed by atoms with Gasteiger partial charge >= 0.3 is 0 Å². The molecule has 0 unspecified atom stereocenters. The Balaban J connectivity index is 1.39. The number of carbonyl (C=O) groups excluding carboxylic acids is 1. The van der Waals surface area contributed by atoms with Crippen LogP contribution < -0.4 is 4.90 Å². The molecule has 6 nitrogen and oxygen atoms in total. The average molecular weight is 462 g/mol. The van der Waals surface area contributed by atoms with E-state index in [4.69, 9.17) is 11.6 Å². The lowest BCUT2D eigenvalue weighted by molar-refractivity contribution is 0.0740. The molecular formula is C25H21ClFN5O. The molecule has 166 valence electrons. The number of nitrogens with zero attached hydrogens (tertiary/aromatic N) is 5. The number of hydrogen-bond acceptors (Lipinski definition) is 4. The van der Waals surface area contributed by atoms with Crippen LogP contribution in [0, 0.1) is 5.82 Å². The standard InChI is InChI=1S/C25H21ClFN5O/c26-19-1-5-21(6-2-19)30-13-15-31(16-14-30)25(33)23-17-24(18-9-11-28-12-10-18)32(29-23)22-7-3-20(27)4-8-22/h1-12,17H,13-16H2. The average Bonchev–Trinajstić information content (AvgIpc) is 3.31. The Morgan fingerprint density at radius 1 is 0.848 bits per heavy atom. The van der Waals surface area contributed by atoms with Crippen LogP contribution >= 0.6 is 11.6 Å². The van der Waals surface area contributed by atoms with Crippen LogP contribution in [0.3, 0.4) is 0 Å². The van der Waals surface area contributed by atoms with Crippen molar-refractivity contribution in [3.63, 3.8) is 0 Å². The van der Waals surface area contributed by atoms with Gasteiger partial charge in [-0.3, -0.25) is 9.78 Å². The van der Waals surface area contributed by atoms with Crippen LogP contribution in [0.1, 0.15) is 10.5 Å². The summed E-state index contributed by atoms with van der Waals surface area (Å²) in [5.74, 6) is -0.451. The summed E-state index contributed by atoms with van der Waals surface area (Å²) in [6.07, 6.45) is 3.38. The summed E-state index contributed by atoms with van der Waals surface area (Å²) in [5.41, 5.74) is 3.73. The normalized spacial score (nSPS) is 13.9. The molecule has 8 heteroatoms. The lowest BCUT2D eigenvalue weighted by atomic mass is 10.1. The molecule has 0 saturated carbocycles. The van der Waals surface area contributed by atoms with Gasteiger partial charge in [-0.15, -0.1) is 0 Å². The molecule has 0 bridgehead atoms. The second kappa shape index (κ2) is 9.03. The minimum absolute atomic E-state index is 0.123. The minimum atomic E-state index is -0.328. The van der Waals surface area contributed by atoms with Gasteiger partial charge in [-0.05, 0) is 66.7 Å². The number of aromatic nitrogens is 3. The van der Waals surface area contributed by atoms with E-state index in [0.717, 1.165) is 30.0 Å². The van der Waals surface area contributed by atoms with Crippen LogP contribution in [0.2, 0.25) is 5.02 Å². The molecule has 1 aliphatic heterocycles. The Labute approximate surface area is 195 Å². The summed E-state index contributed by atoms with van der Waals surface area (Å²) < 4.78 is 15.1. The van der Waals surface area contributed by atoms with Gasteiger partial charge < -0.3 is 9.80 Å². The first kappa shape index (κ1) is 21.2. The second-order valence-electron chi connectivity index (χ2n) is 7.79. The van der Waals surface area contributed by atoms with Gasteiger partial charge in [0.2, 0.25) is 0 Å². The third kappa shape index (κ3) is 4.45. The Bertz CT molecular complexity index is 1250. The van der Waals surface area contributed by atoms with Crippen LogP contribution in [0.5, 0.6) is 0 Å². The van der Waals surface area contributed by atoms with Gasteiger partial charge in [0.05, 0.1) is 11.4 Å². The van der Waals surface area contributed by atoms with Crippen LogP contribution in [-0.4, -0.2) is 51.8 Å². The van der Waals surface area contributed by atoms with Gasteiger partial charge in [0.1, 0.15) is 5.82 Å². The molecule has 0 N–H and O–H groups in total. The zero-order chi connectivity index (χ0) is 22.8. The largest absolute Gasteiger partial charge is 0.368 e. The van der Waals surface area contributed by atoms with Crippen molar-refractivity contribution in [2.24, 2.45) is 0 Å². The van der Waals surface area contributed by atoms with E-state index in [9.17, 15) is 9.18 Å². The first-order valence-corrected chi connectivity index (χ1v) is 11.0. The van der Waals surface area contributed by atoms with Crippen molar-refractivity contribution in [1.29, 1.82) is 0 Å². The van der Waals surface area contributed by atoms with Gasteiger partial charge in [-0.1, -0.05) is 11.6 Å². The molecule has 33 heavy (non-hydrogen) atoms. The predicted molar refractivity (Wildman–Crippen MR) is 126 cm³/mol. The van der Waals surface area contributed by atoms with E-state index in [-0.39, 0.29) is 11.7 Å². The number of pyridine rings is 1. The fourth-order valence-corrected chi connectivity index (χ4v) is 4.10. The highest BCUT2D eigenvalue weighted by Gasteiger charge is 2.25. The van der Waals surface area contributed by atoms with E-state index in [1.807, 2.05) is 41.3 Å². The number of piperazine rings is 1. The molecule has 2 aromatic carbocycles. The van der Waals surface area contributed by atoms with Crippen molar-refractivity contribution in [1.82, 2.24) is 19.7 Å². The summed E-state index contributed by atoms with van der Waals surface area (Å²) >= 11 is 5.99. The Hall–Kier alpha value is -3.71. The molecular weight excluding hydrogens is 441 g/mol. The van der Waals surface area contributed by atoms with Crippen LogP contribution in [-0.2, 0) is 0 Å². The lowest BCUT2D eigenvalue weighted by Crippen LogP contribution is -2.48. The maximum Gasteiger partial charge on any atom is 0.274 e. The van der Waals surface area contributed by atoms with Gasteiger partial charge in [-0.2, -0.15) is 5.10 Å². The van der Waals surface area contributed by atoms with Crippen molar-refractivity contribution in [3.05, 3.63) is 95.7 Å². The molecule has 2 aromatic heterocycles. The number of amides is 1. The zero-order valence-corrected chi connectivity index (χ0v) is 18.5. The highest BCUT2D eigenvalue weighted by molar-refractivity contribution is 6.30. The van der Waals surface area contributed by atoms with Crippen LogP contribution in [0.25, 0.3) is 16.9 Å². The fourth-order valence-electron chi connectivity index (χ4n) is 3.97. The van der Waals surface area contributed by atoms with Gasteiger partial charge in [0, 0.05) is 54.8 Å². The third-order valence-electron chi connectivity index (χ3n) is 5.73. The summed E-state index contributed by atoms with van der Waals surface area (Å²) in [6.45, 7) is 2.64. The minimum Gasteiger partial charge on any atom is -0.368 e. The molecule has 1 aliphatic rings. The van der Waals surface area contributed by atoms with Crippen LogP contribution in [0.15, 0.2) is 79.1 Å². The summed E-state index contributed by atoms with van der Waals surface area (Å²) in [4.78, 5) is 21.4. The van der Waals surface area contributed by atoms with Crippen molar-refractivity contribution in [2.75, 3.05) is 31.1 Å². The lowest BCUT2D eigenvalue weighted by Gasteiger charge is -2.35. The summed E-state index contributed by atoms with van der Waals surface area (Å²) in [6, 6.07) is 19.3. The summed E-state index contributed by atoms with van der Waals surface area (Å²) in [7, 11) is 0.